The van der Waals surface area contributed by atoms with Crippen molar-refractivity contribution in [3.63, 3.8) is 0 Å². The Labute approximate surface area is 134 Å². The molecule has 1 saturated heterocycles. The first-order valence-corrected chi connectivity index (χ1v) is 8.37. The van der Waals surface area contributed by atoms with Gasteiger partial charge in [-0.3, -0.25) is 4.57 Å². The van der Waals surface area contributed by atoms with Gasteiger partial charge in [-0.2, -0.15) is 10.3 Å². The second kappa shape index (κ2) is 6.02. The van der Waals surface area contributed by atoms with Gasteiger partial charge in [-0.15, -0.1) is 22.7 Å². The van der Waals surface area contributed by atoms with Crippen LogP contribution in [0.15, 0.2) is 23.3 Å². The Hall–Kier alpha value is -1.98. The number of hydrogen-bond donors (Lipinski definition) is 0. The minimum Gasteiger partial charge on any atom is -0.320 e. The van der Waals surface area contributed by atoms with E-state index in [1.54, 1.807) is 10.6 Å². The number of carbonyl (C=O) groups excluding carboxylic acids is 1. The van der Waals surface area contributed by atoms with Gasteiger partial charge in [-0.25, -0.2) is 9.18 Å². The van der Waals surface area contributed by atoms with Gasteiger partial charge in [0.2, 0.25) is 0 Å². The number of nitriles is 1. The highest BCUT2D eigenvalue weighted by Crippen LogP contribution is 2.20. The number of aromatic nitrogens is 1. The predicted molar refractivity (Wildman–Crippen MR) is 83.0 cm³/mol. The fourth-order valence-corrected chi connectivity index (χ4v) is 3.91. The van der Waals surface area contributed by atoms with E-state index >= 15 is 0 Å². The van der Waals surface area contributed by atoms with Crippen molar-refractivity contribution in [2.45, 2.75) is 19.5 Å². The SMILES string of the molecule is Cc1cn(-c2ccc(C#N)s2)/c(=N/C(=O)N2CC[C@@H](F)C2)s1. The van der Waals surface area contributed by atoms with E-state index in [0.29, 0.717) is 22.6 Å². The molecular weight excluding hydrogens is 323 g/mol. The number of thiazole rings is 1. The van der Waals surface area contributed by atoms with Crippen molar-refractivity contribution in [1.82, 2.24) is 9.47 Å². The lowest BCUT2D eigenvalue weighted by molar-refractivity contribution is 0.213. The van der Waals surface area contributed by atoms with Crippen LogP contribution in [0.5, 0.6) is 0 Å². The fraction of sp³-hybridized carbons (Fsp3) is 0.357. The average Bonchev–Trinajstić information content (AvgIpc) is 3.18. The first kappa shape index (κ1) is 14.9. The van der Waals surface area contributed by atoms with Crippen molar-refractivity contribution in [2.75, 3.05) is 13.1 Å². The number of urea groups is 1. The third kappa shape index (κ3) is 2.96. The second-order valence-corrected chi connectivity index (χ2v) is 7.25. The highest BCUT2D eigenvalue weighted by atomic mass is 32.1. The first-order valence-electron chi connectivity index (χ1n) is 6.74. The number of likely N-dealkylation sites (tertiary alicyclic amines) is 1. The highest BCUT2D eigenvalue weighted by molar-refractivity contribution is 7.15. The lowest BCUT2D eigenvalue weighted by Crippen LogP contribution is -2.28. The summed E-state index contributed by atoms with van der Waals surface area (Å²) in [6.45, 7) is 2.45. The van der Waals surface area contributed by atoms with Gasteiger partial charge >= 0.3 is 6.03 Å². The van der Waals surface area contributed by atoms with Crippen molar-refractivity contribution >= 4 is 28.7 Å². The summed E-state index contributed by atoms with van der Waals surface area (Å²) >= 11 is 2.73. The van der Waals surface area contributed by atoms with Crippen molar-refractivity contribution in [3.8, 4) is 11.1 Å². The molecule has 2 amide bonds. The van der Waals surface area contributed by atoms with Crippen LogP contribution in [0.25, 0.3) is 5.00 Å². The molecule has 0 aromatic carbocycles. The summed E-state index contributed by atoms with van der Waals surface area (Å²) in [7, 11) is 0. The molecule has 22 heavy (non-hydrogen) atoms. The fourth-order valence-electron chi connectivity index (χ4n) is 2.25. The van der Waals surface area contributed by atoms with Gasteiger partial charge in [-0.05, 0) is 25.5 Å². The zero-order valence-electron chi connectivity index (χ0n) is 11.8. The van der Waals surface area contributed by atoms with Crippen molar-refractivity contribution < 1.29 is 9.18 Å². The Morgan fingerprint density at radius 2 is 2.32 bits per heavy atom. The summed E-state index contributed by atoms with van der Waals surface area (Å²) < 4.78 is 15.0. The molecule has 0 spiro atoms. The Morgan fingerprint density at radius 3 is 2.95 bits per heavy atom. The lowest BCUT2D eigenvalue weighted by atomic mass is 10.3. The van der Waals surface area contributed by atoms with Crippen LogP contribution in [0.1, 0.15) is 16.2 Å². The molecule has 1 atom stereocenters. The standard InChI is InChI=1S/C14H13FN4OS2/c1-9-7-19(12-3-2-11(6-16)22-12)14(21-9)17-13(20)18-5-4-10(15)8-18/h2-3,7,10H,4-5,8H2,1H3/b17-14-/t10-/m1/s1. The molecule has 2 aromatic rings. The normalized spacial score (nSPS) is 18.7. The molecular formula is C14H13FN4OS2. The Balaban J connectivity index is 1.95. The van der Waals surface area contributed by atoms with Crippen molar-refractivity contribution in [2.24, 2.45) is 4.99 Å². The molecule has 1 fully saturated rings. The van der Waals surface area contributed by atoms with Gasteiger partial charge in [0, 0.05) is 17.6 Å². The number of aryl methyl sites for hydroxylation is 1. The van der Waals surface area contributed by atoms with Crippen LogP contribution < -0.4 is 4.80 Å². The van der Waals surface area contributed by atoms with Crippen LogP contribution in [0.3, 0.4) is 0 Å². The summed E-state index contributed by atoms with van der Waals surface area (Å²) in [5.41, 5.74) is 0. The molecule has 114 valence electrons. The molecule has 0 N–H and O–H groups in total. The summed E-state index contributed by atoms with van der Waals surface area (Å²) in [6, 6.07) is 5.25. The number of hydrogen-bond acceptors (Lipinski definition) is 4. The minimum absolute atomic E-state index is 0.115. The van der Waals surface area contributed by atoms with Crippen LogP contribution in [0, 0.1) is 18.3 Å². The number of rotatable bonds is 1. The van der Waals surface area contributed by atoms with Crippen LogP contribution in [0.2, 0.25) is 0 Å². The number of halogens is 1. The maximum Gasteiger partial charge on any atom is 0.346 e. The first-order chi connectivity index (χ1) is 10.6. The molecule has 1 aliphatic rings. The summed E-state index contributed by atoms with van der Waals surface area (Å²) in [6.07, 6.45) is 1.30. The topological polar surface area (TPSA) is 61.4 Å². The molecule has 3 rings (SSSR count). The average molecular weight is 336 g/mol. The molecule has 8 heteroatoms. The van der Waals surface area contributed by atoms with Gasteiger partial charge < -0.3 is 4.90 Å². The van der Waals surface area contributed by atoms with Gasteiger partial charge in [-0.1, -0.05) is 0 Å². The smallest absolute Gasteiger partial charge is 0.320 e. The third-order valence-corrected chi connectivity index (χ3v) is 5.19. The molecule has 5 nitrogen and oxygen atoms in total. The van der Waals surface area contributed by atoms with E-state index in [-0.39, 0.29) is 6.54 Å². The number of amides is 2. The maximum absolute atomic E-state index is 13.2. The van der Waals surface area contributed by atoms with Gasteiger partial charge in [0.1, 0.15) is 22.1 Å². The largest absolute Gasteiger partial charge is 0.346 e. The lowest BCUT2D eigenvalue weighted by Gasteiger charge is -2.10. The molecule has 2 aromatic heterocycles. The Bertz CT molecular complexity index is 813. The molecule has 0 aliphatic carbocycles. The molecule has 1 aliphatic heterocycles. The number of alkyl halides is 1. The van der Waals surface area contributed by atoms with E-state index in [4.69, 9.17) is 5.26 Å². The van der Waals surface area contributed by atoms with Crippen LogP contribution >= 0.6 is 22.7 Å². The van der Waals surface area contributed by atoms with Crippen molar-refractivity contribution in [3.05, 3.63) is 32.9 Å². The van der Waals surface area contributed by atoms with Crippen LogP contribution in [-0.2, 0) is 0 Å². The van der Waals surface area contributed by atoms with E-state index in [1.165, 1.54) is 27.6 Å². The minimum atomic E-state index is -0.952. The van der Waals surface area contributed by atoms with Gasteiger partial charge in [0.25, 0.3) is 0 Å². The Kier molecular flexibility index (Phi) is 4.09. The van der Waals surface area contributed by atoms with E-state index in [2.05, 4.69) is 11.1 Å². The third-order valence-electron chi connectivity index (χ3n) is 3.30. The molecule has 3 heterocycles. The zero-order valence-corrected chi connectivity index (χ0v) is 13.5. The molecule has 0 unspecified atom stereocenters. The van der Waals surface area contributed by atoms with Crippen LogP contribution in [-0.4, -0.2) is 34.8 Å². The van der Waals surface area contributed by atoms with Crippen molar-refractivity contribution in [1.29, 1.82) is 5.26 Å². The zero-order chi connectivity index (χ0) is 15.7. The van der Waals surface area contributed by atoms with E-state index in [1.807, 2.05) is 19.2 Å². The van der Waals surface area contributed by atoms with E-state index in [9.17, 15) is 9.18 Å². The number of carbonyl (C=O) groups is 1. The summed E-state index contributed by atoms with van der Waals surface area (Å²) in [4.78, 5) is 19.9. The number of thiophene rings is 1. The monoisotopic (exact) mass is 336 g/mol. The quantitative estimate of drug-likeness (QED) is 0.804. The van der Waals surface area contributed by atoms with E-state index in [0.717, 1.165) is 9.88 Å². The molecule has 0 saturated carbocycles. The Morgan fingerprint density at radius 1 is 1.50 bits per heavy atom. The molecule has 0 bridgehead atoms. The molecule has 0 radical (unpaired) electrons. The number of nitrogens with zero attached hydrogens (tertiary/aromatic N) is 4. The predicted octanol–water partition coefficient (Wildman–Crippen LogP) is 2.84. The second-order valence-electron chi connectivity index (χ2n) is 4.97. The van der Waals surface area contributed by atoms with Gasteiger partial charge in [0.05, 0.1) is 6.54 Å². The summed E-state index contributed by atoms with van der Waals surface area (Å²) in [5, 5.41) is 9.75. The van der Waals surface area contributed by atoms with E-state index < -0.39 is 12.2 Å². The summed E-state index contributed by atoms with van der Waals surface area (Å²) in [5.74, 6) is 0. The van der Waals surface area contributed by atoms with Crippen LogP contribution in [0.4, 0.5) is 9.18 Å². The maximum atomic E-state index is 13.2. The highest BCUT2D eigenvalue weighted by Gasteiger charge is 2.25. The van der Waals surface area contributed by atoms with Gasteiger partial charge in [0.15, 0.2) is 4.80 Å².